The lowest BCUT2D eigenvalue weighted by atomic mass is 10.3. The number of ether oxygens (including phenoxy) is 1. The van der Waals surface area contributed by atoms with Gasteiger partial charge < -0.3 is 25.2 Å². The number of nitrogens with zero attached hydrogens (tertiary/aromatic N) is 4. The molecule has 36 heavy (non-hydrogen) atoms. The van der Waals surface area contributed by atoms with Gasteiger partial charge in [-0.05, 0) is 26.1 Å². The van der Waals surface area contributed by atoms with Crippen molar-refractivity contribution >= 4 is 40.6 Å². The third-order valence-corrected chi connectivity index (χ3v) is 6.74. The first-order valence-electron chi connectivity index (χ1n) is 11.6. The van der Waals surface area contributed by atoms with Crippen LogP contribution < -0.4 is 30.1 Å². The van der Waals surface area contributed by atoms with Crippen LogP contribution in [0.25, 0.3) is 11.8 Å². The van der Waals surface area contributed by atoms with Crippen molar-refractivity contribution in [2.75, 3.05) is 51.7 Å². The van der Waals surface area contributed by atoms with Crippen LogP contribution in [0.4, 0.5) is 5.69 Å². The largest absolute Gasteiger partial charge is 0.484 e. The van der Waals surface area contributed by atoms with Crippen LogP contribution in [0.3, 0.4) is 0 Å². The molecule has 0 saturated carbocycles. The number of likely N-dealkylation sites (N-methyl/N-ethyl adjacent to an activating group) is 1. The topological polar surface area (TPSA) is 120 Å². The highest BCUT2D eigenvalue weighted by atomic mass is 32.1. The van der Waals surface area contributed by atoms with E-state index in [1.54, 1.807) is 36.1 Å². The van der Waals surface area contributed by atoms with Crippen molar-refractivity contribution in [2.45, 2.75) is 13.5 Å². The Kier molecular flexibility index (Phi) is 9.44. The molecule has 0 spiro atoms. The minimum Gasteiger partial charge on any atom is -0.484 e. The van der Waals surface area contributed by atoms with Crippen molar-refractivity contribution in [1.82, 2.24) is 19.7 Å². The van der Waals surface area contributed by atoms with Gasteiger partial charge in [0.05, 0.1) is 0 Å². The zero-order valence-corrected chi connectivity index (χ0v) is 21.3. The number of carbonyl (C=O) groups excluding carboxylic acids is 2. The number of carbonyl (C=O) groups is 2. The molecule has 2 aromatic rings. The smallest absolute Gasteiger partial charge is 0.270 e. The summed E-state index contributed by atoms with van der Waals surface area (Å²) in [6, 6.07) is 8.98. The van der Waals surface area contributed by atoms with Gasteiger partial charge in [0.2, 0.25) is 0 Å². The number of piperazine rings is 1. The molecular weight excluding hydrogens is 480 g/mol. The van der Waals surface area contributed by atoms with E-state index in [1.165, 1.54) is 16.8 Å². The van der Waals surface area contributed by atoms with Gasteiger partial charge >= 0.3 is 0 Å². The molecule has 1 fully saturated rings. The number of anilines is 1. The van der Waals surface area contributed by atoms with Gasteiger partial charge in [0.1, 0.15) is 21.0 Å². The van der Waals surface area contributed by atoms with Crippen molar-refractivity contribution in [3.8, 4) is 11.8 Å². The van der Waals surface area contributed by atoms with Crippen LogP contribution in [0.5, 0.6) is 5.75 Å². The maximum Gasteiger partial charge on any atom is 0.270 e. The summed E-state index contributed by atoms with van der Waals surface area (Å²) >= 11 is 1.06. The lowest BCUT2D eigenvalue weighted by molar-refractivity contribution is -0.134. The second-order valence-corrected chi connectivity index (χ2v) is 9.13. The molecule has 190 valence electrons. The Morgan fingerprint density at radius 2 is 2.03 bits per heavy atom. The predicted molar refractivity (Wildman–Crippen MR) is 140 cm³/mol. The molecule has 0 bridgehead atoms. The summed E-state index contributed by atoms with van der Waals surface area (Å²) < 4.78 is 7.72. The molecule has 3 rings (SSSR count). The number of nitriles is 1. The van der Waals surface area contributed by atoms with Crippen LogP contribution in [0.2, 0.25) is 0 Å². The minimum absolute atomic E-state index is 0.0485. The van der Waals surface area contributed by atoms with Gasteiger partial charge in [0, 0.05) is 57.2 Å². The van der Waals surface area contributed by atoms with Crippen molar-refractivity contribution in [1.29, 1.82) is 5.26 Å². The summed E-state index contributed by atoms with van der Waals surface area (Å²) in [4.78, 5) is 41.6. The number of benzene rings is 1. The molecule has 2 N–H and O–H groups in total. The molecule has 0 radical (unpaired) electrons. The van der Waals surface area contributed by atoms with Crippen LogP contribution in [-0.2, 0) is 16.1 Å². The molecule has 0 unspecified atom stereocenters. The second-order valence-electron chi connectivity index (χ2n) is 8.10. The fourth-order valence-corrected chi connectivity index (χ4v) is 4.64. The van der Waals surface area contributed by atoms with Gasteiger partial charge in [-0.3, -0.25) is 19.0 Å². The number of hydrogen-bond donors (Lipinski definition) is 2. The lowest BCUT2D eigenvalue weighted by Gasteiger charge is -2.32. The van der Waals surface area contributed by atoms with Crippen molar-refractivity contribution in [3.05, 3.63) is 56.5 Å². The third kappa shape index (κ3) is 6.62. The van der Waals surface area contributed by atoms with E-state index in [0.717, 1.165) is 24.4 Å². The minimum atomic E-state index is -0.559. The summed E-state index contributed by atoms with van der Waals surface area (Å²) in [5, 5.41) is 15.2. The van der Waals surface area contributed by atoms with E-state index >= 15 is 0 Å². The summed E-state index contributed by atoms with van der Waals surface area (Å²) in [7, 11) is 2.03. The Bertz CT molecular complexity index is 1330. The Balaban J connectivity index is 1.76. The average Bonchev–Trinajstić information content (AvgIpc) is 3.20. The maximum absolute atomic E-state index is 12.9. The van der Waals surface area contributed by atoms with Gasteiger partial charge in [-0.15, -0.1) is 17.9 Å². The fourth-order valence-electron chi connectivity index (χ4n) is 3.56. The molecule has 0 atom stereocenters. The fraction of sp³-hybridized carbons (Fsp3) is 0.360. The van der Waals surface area contributed by atoms with E-state index in [4.69, 9.17) is 4.74 Å². The quantitative estimate of drug-likeness (QED) is 0.453. The summed E-state index contributed by atoms with van der Waals surface area (Å²) in [5.74, 6) is -0.0926. The van der Waals surface area contributed by atoms with Crippen molar-refractivity contribution < 1.29 is 14.3 Å². The first kappa shape index (κ1) is 26.7. The molecule has 10 nitrogen and oxygen atoms in total. The van der Waals surface area contributed by atoms with Gasteiger partial charge in [-0.1, -0.05) is 12.1 Å². The highest BCUT2D eigenvalue weighted by Gasteiger charge is 2.19. The van der Waals surface area contributed by atoms with Crippen LogP contribution in [0.1, 0.15) is 6.92 Å². The molecule has 1 aliphatic rings. The van der Waals surface area contributed by atoms with Gasteiger partial charge in [0.15, 0.2) is 12.2 Å². The Morgan fingerprint density at radius 3 is 2.69 bits per heavy atom. The SMILES string of the molecule is C=CCNC(=O)/C(C#N)=c1\s/c(=C/Nc2cccc(OCC(=O)N3CCN(C)CC3)c2)c(=O)n1CC. The number of amides is 2. The molecule has 1 aromatic heterocycles. The average molecular weight is 511 g/mol. The van der Waals surface area contributed by atoms with Crippen LogP contribution in [0, 0.1) is 11.3 Å². The van der Waals surface area contributed by atoms with E-state index in [9.17, 15) is 19.6 Å². The first-order valence-corrected chi connectivity index (χ1v) is 12.4. The molecule has 1 aliphatic heterocycles. The molecular formula is C25H30N6O4S. The molecule has 1 aromatic carbocycles. The van der Waals surface area contributed by atoms with Crippen LogP contribution >= 0.6 is 11.3 Å². The van der Waals surface area contributed by atoms with Crippen molar-refractivity contribution in [2.24, 2.45) is 0 Å². The summed E-state index contributed by atoms with van der Waals surface area (Å²) in [5.41, 5.74) is 0.227. The number of hydrogen-bond acceptors (Lipinski definition) is 8. The molecule has 11 heteroatoms. The molecule has 0 aliphatic carbocycles. The van der Waals surface area contributed by atoms with Crippen molar-refractivity contribution in [3.63, 3.8) is 0 Å². The van der Waals surface area contributed by atoms with Crippen LogP contribution in [0.15, 0.2) is 41.7 Å². The van der Waals surface area contributed by atoms with Gasteiger partial charge in [-0.25, -0.2) is 0 Å². The van der Waals surface area contributed by atoms with E-state index < -0.39 is 5.91 Å². The highest BCUT2D eigenvalue weighted by Crippen LogP contribution is 2.17. The van der Waals surface area contributed by atoms with Crippen LogP contribution in [-0.4, -0.2) is 72.6 Å². The zero-order chi connectivity index (χ0) is 26.1. The monoisotopic (exact) mass is 510 g/mol. The number of rotatable bonds is 9. The standard InChI is InChI=1S/C25H30N6O4S/c1-4-9-27-23(33)20(15-26)25-31(5-2)24(34)21(36-25)16-28-18-7-6-8-19(14-18)35-17-22(32)30-12-10-29(3)11-13-30/h4,6-8,14,16,28H,1,5,9-13,17H2,2-3H3,(H,27,33)/b21-16+,25-20-. The van der Waals surface area contributed by atoms with E-state index in [-0.39, 0.29) is 30.2 Å². The normalized spacial score (nSPS) is 15.1. The highest BCUT2D eigenvalue weighted by molar-refractivity contribution is 7.07. The van der Waals surface area contributed by atoms with Gasteiger partial charge in [-0.2, -0.15) is 5.26 Å². The zero-order valence-electron chi connectivity index (χ0n) is 20.5. The summed E-state index contributed by atoms with van der Waals surface area (Å²) in [6.45, 7) is 8.86. The number of thiazole rings is 1. The van der Waals surface area contributed by atoms with E-state index in [2.05, 4.69) is 22.1 Å². The predicted octanol–water partition coefficient (Wildman–Crippen LogP) is -0.0909. The van der Waals surface area contributed by atoms with E-state index in [1.807, 2.05) is 13.1 Å². The van der Waals surface area contributed by atoms with E-state index in [0.29, 0.717) is 40.3 Å². The van der Waals surface area contributed by atoms with Gasteiger partial charge in [0.25, 0.3) is 17.4 Å². The molecule has 2 amide bonds. The third-order valence-electron chi connectivity index (χ3n) is 5.61. The number of nitrogens with one attached hydrogen (secondary N) is 2. The summed E-state index contributed by atoms with van der Waals surface area (Å²) in [6.07, 6.45) is 3.05. The second kappa shape index (κ2) is 12.7. The first-order chi connectivity index (χ1) is 17.4. The Morgan fingerprint density at radius 1 is 1.28 bits per heavy atom. The maximum atomic E-state index is 12.9. The Labute approximate surface area is 213 Å². The Hall–Kier alpha value is -3.88. The number of aromatic nitrogens is 1. The molecule has 1 saturated heterocycles. The lowest BCUT2D eigenvalue weighted by Crippen LogP contribution is -2.48. The molecule has 2 heterocycles.